The number of carbonyl (C=O) groups is 1. The van der Waals surface area contributed by atoms with Crippen LogP contribution in [-0.2, 0) is 13.6 Å². The predicted octanol–water partition coefficient (Wildman–Crippen LogP) is 0.511. The third-order valence-corrected chi connectivity index (χ3v) is 3.06. The molecule has 0 fully saturated rings. The van der Waals surface area contributed by atoms with Crippen molar-refractivity contribution in [2.24, 2.45) is 12.8 Å². The van der Waals surface area contributed by atoms with E-state index in [-0.39, 0.29) is 5.69 Å². The number of rotatable bonds is 5. The van der Waals surface area contributed by atoms with Crippen molar-refractivity contribution >= 4 is 5.91 Å². The summed E-state index contributed by atoms with van der Waals surface area (Å²) in [7, 11) is 1.85. The van der Waals surface area contributed by atoms with Gasteiger partial charge >= 0.3 is 0 Å². The molecule has 0 aliphatic rings. The minimum atomic E-state index is -0.538. The quantitative estimate of drug-likeness (QED) is 0.832. The molecule has 2 heterocycles. The lowest BCUT2D eigenvalue weighted by molar-refractivity contribution is 0.0995. The molecule has 0 radical (unpaired) electrons. The van der Waals surface area contributed by atoms with Gasteiger partial charge in [-0.2, -0.15) is 10.2 Å². The highest BCUT2D eigenvalue weighted by atomic mass is 16.1. The van der Waals surface area contributed by atoms with Crippen LogP contribution in [0.15, 0.2) is 12.3 Å². The molecule has 0 atom stereocenters. The number of amides is 1. The molecule has 2 rings (SSSR count). The molecular weight excluding hydrogens is 256 g/mol. The van der Waals surface area contributed by atoms with E-state index in [1.807, 2.05) is 14.0 Å². The first-order chi connectivity index (χ1) is 9.40. The van der Waals surface area contributed by atoms with Crippen LogP contribution in [0.4, 0.5) is 0 Å². The molecule has 0 aromatic carbocycles. The van der Waals surface area contributed by atoms with Crippen LogP contribution in [0.2, 0.25) is 0 Å². The summed E-state index contributed by atoms with van der Waals surface area (Å²) in [4.78, 5) is 11.1. The Labute approximate surface area is 117 Å². The summed E-state index contributed by atoms with van der Waals surface area (Å²) in [5.41, 5.74) is 7.47. The molecule has 20 heavy (non-hydrogen) atoms. The topological polar surface area (TPSA) is 90.8 Å². The van der Waals surface area contributed by atoms with E-state index < -0.39 is 5.91 Å². The average molecular weight is 276 g/mol. The molecule has 0 aliphatic carbocycles. The molecule has 3 N–H and O–H groups in total. The predicted molar refractivity (Wildman–Crippen MR) is 75.6 cm³/mol. The Balaban J connectivity index is 2.41. The van der Waals surface area contributed by atoms with Crippen molar-refractivity contribution in [3.63, 3.8) is 0 Å². The van der Waals surface area contributed by atoms with Crippen LogP contribution in [-0.4, -0.2) is 31.5 Å². The Bertz CT molecular complexity index is 625. The van der Waals surface area contributed by atoms with E-state index in [4.69, 9.17) is 5.73 Å². The molecule has 2 aromatic rings. The van der Waals surface area contributed by atoms with E-state index >= 15 is 0 Å². The maximum atomic E-state index is 11.1. The number of aryl methyl sites for hydroxylation is 2. The highest BCUT2D eigenvalue weighted by molar-refractivity contribution is 5.90. The third-order valence-electron chi connectivity index (χ3n) is 3.06. The first kappa shape index (κ1) is 14.3. The van der Waals surface area contributed by atoms with Gasteiger partial charge in [-0.15, -0.1) is 0 Å². The second-order valence-corrected chi connectivity index (χ2v) is 5.06. The van der Waals surface area contributed by atoms with E-state index in [1.54, 1.807) is 21.6 Å². The van der Waals surface area contributed by atoms with Gasteiger partial charge in [-0.25, -0.2) is 4.68 Å². The minimum absolute atomic E-state index is 0.242. The molecular formula is C13H20N6O. The summed E-state index contributed by atoms with van der Waals surface area (Å²) >= 11 is 0. The Hall–Kier alpha value is -2.15. The van der Waals surface area contributed by atoms with Gasteiger partial charge in [-0.1, -0.05) is 13.8 Å². The Morgan fingerprint density at radius 1 is 1.45 bits per heavy atom. The molecule has 2 aromatic heterocycles. The van der Waals surface area contributed by atoms with Crippen LogP contribution >= 0.6 is 0 Å². The largest absolute Gasteiger partial charge is 0.364 e. The number of nitrogens with zero attached hydrogens (tertiary/aromatic N) is 4. The fraction of sp³-hybridized carbons (Fsp3) is 0.462. The van der Waals surface area contributed by atoms with E-state index in [0.29, 0.717) is 12.6 Å². The van der Waals surface area contributed by atoms with Crippen molar-refractivity contribution in [1.29, 1.82) is 0 Å². The van der Waals surface area contributed by atoms with Gasteiger partial charge in [0.25, 0.3) is 5.91 Å². The van der Waals surface area contributed by atoms with Crippen LogP contribution in [0.3, 0.4) is 0 Å². The molecule has 108 valence electrons. The molecule has 0 aliphatic heterocycles. The smallest absolute Gasteiger partial charge is 0.269 e. The van der Waals surface area contributed by atoms with Crippen molar-refractivity contribution in [2.75, 3.05) is 0 Å². The van der Waals surface area contributed by atoms with Gasteiger partial charge in [0, 0.05) is 31.4 Å². The maximum absolute atomic E-state index is 11.1. The highest BCUT2D eigenvalue weighted by Gasteiger charge is 2.17. The summed E-state index contributed by atoms with van der Waals surface area (Å²) in [5.74, 6) is 0.299. The molecule has 1 amide bonds. The normalized spacial score (nSPS) is 11.2. The minimum Gasteiger partial charge on any atom is -0.364 e. The first-order valence-electron chi connectivity index (χ1n) is 6.52. The van der Waals surface area contributed by atoms with Gasteiger partial charge in [0.1, 0.15) is 5.69 Å². The molecule has 0 saturated heterocycles. The SMILES string of the molecule is Cc1nn(C)c(-n2ccc(C(N)=O)n2)c1CNC(C)C. The van der Waals surface area contributed by atoms with Crippen LogP contribution in [0.5, 0.6) is 0 Å². The van der Waals surface area contributed by atoms with Crippen LogP contribution < -0.4 is 11.1 Å². The van der Waals surface area contributed by atoms with Gasteiger partial charge < -0.3 is 11.1 Å². The first-order valence-corrected chi connectivity index (χ1v) is 6.52. The van der Waals surface area contributed by atoms with E-state index in [2.05, 4.69) is 29.4 Å². The molecule has 0 saturated carbocycles. The summed E-state index contributed by atoms with van der Waals surface area (Å²) in [6, 6.07) is 1.98. The fourth-order valence-electron chi connectivity index (χ4n) is 2.06. The summed E-state index contributed by atoms with van der Waals surface area (Å²) in [5, 5.41) is 12.0. The van der Waals surface area contributed by atoms with Crippen LogP contribution in [0.1, 0.15) is 35.6 Å². The molecule has 7 heteroatoms. The number of carbonyl (C=O) groups excluding carboxylic acids is 1. The van der Waals surface area contributed by atoms with Crippen LogP contribution in [0.25, 0.3) is 5.82 Å². The van der Waals surface area contributed by atoms with Crippen molar-refractivity contribution < 1.29 is 4.79 Å². The van der Waals surface area contributed by atoms with Gasteiger partial charge in [-0.3, -0.25) is 9.48 Å². The van der Waals surface area contributed by atoms with Crippen LogP contribution in [0, 0.1) is 6.92 Å². The van der Waals surface area contributed by atoms with Gasteiger partial charge in [0.2, 0.25) is 0 Å². The number of primary amides is 1. The summed E-state index contributed by atoms with van der Waals surface area (Å²) in [6.45, 7) is 6.83. The van der Waals surface area contributed by atoms with Gasteiger partial charge in [0.15, 0.2) is 5.82 Å². The average Bonchev–Trinajstić information content (AvgIpc) is 2.91. The number of nitrogens with two attached hydrogens (primary N) is 1. The summed E-state index contributed by atoms with van der Waals surface area (Å²) < 4.78 is 3.39. The Morgan fingerprint density at radius 3 is 2.70 bits per heavy atom. The number of nitrogens with one attached hydrogen (secondary N) is 1. The van der Waals surface area contributed by atoms with Crippen molar-refractivity contribution in [3.05, 3.63) is 29.2 Å². The molecule has 0 unspecified atom stereocenters. The fourth-order valence-corrected chi connectivity index (χ4v) is 2.06. The lowest BCUT2D eigenvalue weighted by Gasteiger charge is -2.10. The molecule has 7 nitrogen and oxygen atoms in total. The second-order valence-electron chi connectivity index (χ2n) is 5.06. The molecule has 0 bridgehead atoms. The van der Waals surface area contributed by atoms with E-state index in [0.717, 1.165) is 17.1 Å². The zero-order valence-corrected chi connectivity index (χ0v) is 12.2. The Kier molecular flexibility index (Phi) is 3.89. The lowest BCUT2D eigenvalue weighted by atomic mass is 10.2. The van der Waals surface area contributed by atoms with Crippen molar-refractivity contribution in [2.45, 2.75) is 33.4 Å². The van der Waals surface area contributed by atoms with E-state index in [1.165, 1.54) is 0 Å². The second kappa shape index (κ2) is 5.46. The van der Waals surface area contributed by atoms with Gasteiger partial charge in [0.05, 0.1) is 5.69 Å². The standard InChI is InChI=1S/C13H20N6O/c1-8(2)15-7-10-9(3)16-18(4)13(10)19-6-5-11(17-19)12(14)20/h5-6,8,15H,7H2,1-4H3,(H2,14,20). The zero-order chi connectivity index (χ0) is 14.9. The van der Waals surface area contributed by atoms with Gasteiger partial charge in [-0.05, 0) is 13.0 Å². The Morgan fingerprint density at radius 2 is 2.15 bits per heavy atom. The monoisotopic (exact) mass is 276 g/mol. The number of aromatic nitrogens is 4. The molecule has 0 spiro atoms. The van der Waals surface area contributed by atoms with E-state index in [9.17, 15) is 4.79 Å². The maximum Gasteiger partial charge on any atom is 0.269 e. The number of hydrogen-bond donors (Lipinski definition) is 2. The van der Waals surface area contributed by atoms with Crippen molar-refractivity contribution in [3.8, 4) is 5.82 Å². The summed E-state index contributed by atoms with van der Waals surface area (Å²) in [6.07, 6.45) is 1.72. The highest BCUT2D eigenvalue weighted by Crippen LogP contribution is 2.17. The lowest BCUT2D eigenvalue weighted by Crippen LogP contribution is -2.23. The number of hydrogen-bond acceptors (Lipinski definition) is 4. The van der Waals surface area contributed by atoms with Crippen molar-refractivity contribution in [1.82, 2.24) is 24.9 Å². The zero-order valence-electron chi connectivity index (χ0n) is 12.2. The third kappa shape index (κ3) is 2.72.